The maximum absolute atomic E-state index is 11.9. The first-order chi connectivity index (χ1) is 7.22. The molecule has 0 saturated heterocycles. The van der Waals surface area contributed by atoms with Gasteiger partial charge in [-0.25, -0.2) is 9.36 Å². The Labute approximate surface area is 96.7 Å². The first-order valence-corrected chi connectivity index (χ1v) is 7.05. The van der Waals surface area contributed by atoms with Gasteiger partial charge in [0.15, 0.2) is 0 Å². The molecule has 0 rings (SSSR count). The topological polar surface area (TPSA) is 72.8 Å². The third kappa shape index (κ3) is 4.54. The Morgan fingerprint density at radius 1 is 1.25 bits per heavy atom. The molecular weight excluding hydrogens is 231 g/mol. The number of carbonyl (C=O) groups is 1. The second kappa shape index (κ2) is 6.26. The summed E-state index contributed by atoms with van der Waals surface area (Å²) in [5.41, 5.74) is -0.572. The Morgan fingerprint density at radius 3 is 2.00 bits per heavy atom. The van der Waals surface area contributed by atoms with Crippen molar-refractivity contribution in [3.05, 3.63) is 0 Å². The summed E-state index contributed by atoms with van der Waals surface area (Å²) in [5.74, 6) is -0.101. The largest absolute Gasteiger partial charge is 0.514 e. The van der Waals surface area contributed by atoms with Crippen molar-refractivity contribution in [3.63, 3.8) is 0 Å². The molecule has 0 amide bonds. The highest BCUT2D eigenvalue weighted by molar-refractivity contribution is 7.54. The lowest BCUT2D eigenvalue weighted by Gasteiger charge is -2.27. The predicted octanol–water partition coefficient (Wildman–Crippen LogP) is 3.03. The van der Waals surface area contributed by atoms with E-state index in [0.717, 1.165) is 0 Å². The molecule has 6 heteroatoms. The van der Waals surface area contributed by atoms with E-state index in [0.29, 0.717) is 0 Å². The van der Waals surface area contributed by atoms with Gasteiger partial charge < -0.3 is 14.2 Å². The molecule has 0 heterocycles. The van der Waals surface area contributed by atoms with Crippen LogP contribution < -0.4 is 0 Å². The summed E-state index contributed by atoms with van der Waals surface area (Å²) < 4.78 is 20.9. The molecule has 0 aliphatic rings. The predicted molar refractivity (Wildman–Crippen MR) is 61.4 cm³/mol. The molecule has 16 heavy (non-hydrogen) atoms. The summed E-state index contributed by atoms with van der Waals surface area (Å²) in [6.07, 6.45) is -1.08. The van der Waals surface area contributed by atoms with E-state index >= 15 is 0 Å². The number of carbonyl (C=O) groups excluding carboxylic acids is 1. The van der Waals surface area contributed by atoms with Crippen molar-refractivity contribution in [2.75, 3.05) is 6.61 Å². The summed E-state index contributed by atoms with van der Waals surface area (Å²) in [7, 11) is -3.98. The average Bonchev–Trinajstić information content (AvgIpc) is 1.99. The quantitative estimate of drug-likeness (QED) is 0.601. The van der Waals surface area contributed by atoms with Crippen LogP contribution in [0.3, 0.4) is 0 Å². The van der Waals surface area contributed by atoms with Gasteiger partial charge in [0.2, 0.25) is 0 Å². The molecule has 0 aromatic rings. The van der Waals surface area contributed by atoms with Crippen molar-refractivity contribution in [1.82, 2.24) is 0 Å². The Kier molecular flexibility index (Phi) is 6.05. The smallest absolute Gasteiger partial charge is 0.434 e. The van der Waals surface area contributed by atoms with Gasteiger partial charge in [-0.15, -0.1) is 0 Å². The SMILES string of the molecule is CCOC(=O)OP(=O)(O)C(C(C)C)C(C)C. The number of hydrogen-bond acceptors (Lipinski definition) is 4. The Hall–Kier alpha value is -0.540. The number of hydrogen-bond donors (Lipinski definition) is 1. The van der Waals surface area contributed by atoms with Crippen LogP contribution in [0.2, 0.25) is 0 Å². The van der Waals surface area contributed by atoms with Crippen molar-refractivity contribution >= 4 is 13.8 Å². The molecule has 1 atom stereocenters. The van der Waals surface area contributed by atoms with Crippen LogP contribution in [-0.2, 0) is 13.8 Å². The van der Waals surface area contributed by atoms with E-state index in [9.17, 15) is 14.3 Å². The van der Waals surface area contributed by atoms with Crippen LogP contribution in [0.25, 0.3) is 0 Å². The van der Waals surface area contributed by atoms with E-state index in [-0.39, 0.29) is 18.4 Å². The van der Waals surface area contributed by atoms with Crippen LogP contribution in [0.1, 0.15) is 34.6 Å². The zero-order valence-corrected chi connectivity index (χ0v) is 11.4. The Morgan fingerprint density at radius 2 is 1.69 bits per heavy atom. The summed E-state index contributed by atoms with van der Waals surface area (Å²) in [6, 6.07) is 0. The highest BCUT2D eigenvalue weighted by Crippen LogP contribution is 2.53. The highest BCUT2D eigenvalue weighted by atomic mass is 31.2. The summed E-state index contributed by atoms with van der Waals surface area (Å²) in [5, 5.41) is 0. The van der Waals surface area contributed by atoms with Crippen LogP contribution in [0.4, 0.5) is 4.79 Å². The number of ether oxygens (including phenoxy) is 1. The molecule has 0 fully saturated rings. The molecule has 0 radical (unpaired) electrons. The minimum absolute atomic E-state index is 0.0507. The van der Waals surface area contributed by atoms with Gasteiger partial charge in [0.1, 0.15) is 0 Å². The molecule has 0 aromatic heterocycles. The lowest BCUT2D eigenvalue weighted by atomic mass is 10.00. The average molecular weight is 252 g/mol. The van der Waals surface area contributed by atoms with E-state index in [1.54, 1.807) is 6.92 Å². The molecular formula is C10H21O5P. The summed E-state index contributed by atoms with van der Waals surface area (Å²) in [4.78, 5) is 20.8. The molecule has 1 N–H and O–H groups in total. The van der Waals surface area contributed by atoms with E-state index < -0.39 is 19.4 Å². The second-order valence-electron chi connectivity index (χ2n) is 4.32. The molecule has 0 saturated carbocycles. The Bertz CT molecular complexity index is 266. The first kappa shape index (κ1) is 15.5. The van der Waals surface area contributed by atoms with E-state index in [1.165, 1.54) is 0 Å². The lowest BCUT2D eigenvalue weighted by molar-refractivity contribution is 0.0973. The lowest BCUT2D eigenvalue weighted by Crippen LogP contribution is -2.25. The van der Waals surface area contributed by atoms with Gasteiger partial charge in [0.05, 0.1) is 12.3 Å². The normalized spacial score (nSPS) is 15.3. The van der Waals surface area contributed by atoms with E-state index in [4.69, 9.17) is 0 Å². The van der Waals surface area contributed by atoms with Crippen LogP contribution >= 0.6 is 7.60 Å². The zero-order chi connectivity index (χ0) is 12.9. The van der Waals surface area contributed by atoms with Crippen molar-refractivity contribution in [1.29, 1.82) is 0 Å². The van der Waals surface area contributed by atoms with Gasteiger partial charge in [-0.1, -0.05) is 27.7 Å². The van der Waals surface area contributed by atoms with Gasteiger partial charge in [-0.3, -0.25) is 0 Å². The van der Waals surface area contributed by atoms with Gasteiger partial charge in [-0.05, 0) is 18.8 Å². The minimum Gasteiger partial charge on any atom is -0.434 e. The minimum atomic E-state index is -3.98. The van der Waals surface area contributed by atoms with Gasteiger partial charge in [-0.2, -0.15) is 0 Å². The third-order valence-corrected chi connectivity index (χ3v) is 4.57. The zero-order valence-electron chi connectivity index (χ0n) is 10.5. The fraction of sp³-hybridized carbons (Fsp3) is 0.900. The maximum atomic E-state index is 11.9. The van der Waals surface area contributed by atoms with Gasteiger partial charge in [0.25, 0.3) is 0 Å². The summed E-state index contributed by atoms with van der Waals surface area (Å²) in [6.45, 7) is 9.01. The Balaban J connectivity index is 4.73. The standard InChI is InChI=1S/C10H21O5P/c1-6-14-10(11)15-16(12,13)9(7(2)3)8(4)5/h7-9H,6H2,1-5H3,(H,12,13). The molecule has 0 aromatic carbocycles. The van der Waals surface area contributed by atoms with Gasteiger partial charge >= 0.3 is 13.8 Å². The molecule has 0 bridgehead atoms. The first-order valence-electron chi connectivity index (χ1n) is 5.41. The van der Waals surface area contributed by atoms with Crippen LogP contribution in [0.15, 0.2) is 0 Å². The van der Waals surface area contributed by atoms with Gasteiger partial charge in [0, 0.05) is 0 Å². The van der Waals surface area contributed by atoms with Crippen molar-refractivity contribution in [3.8, 4) is 0 Å². The fourth-order valence-electron chi connectivity index (χ4n) is 1.84. The second-order valence-corrected chi connectivity index (χ2v) is 6.22. The van der Waals surface area contributed by atoms with Crippen LogP contribution in [0.5, 0.6) is 0 Å². The molecule has 5 nitrogen and oxygen atoms in total. The van der Waals surface area contributed by atoms with E-state index in [1.807, 2.05) is 27.7 Å². The van der Waals surface area contributed by atoms with Crippen molar-refractivity contribution in [2.45, 2.75) is 40.3 Å². The van der Waals surface area contributed by atoms with E-state index in [2.05, 4.69) is 9.26 Å². The molecule has 0 aliphatic carbocycles. The molecule has 0 spiro atoms. The monoisotopic (exact) mass is 252 g/mol. The molecule has 1 unspecified atom stereocenters. The summed E-state index contributed by atoms with van der Waals surface area (Å²) >= 11 is 0. The highest BCUT2D eigenvalue weighted by Gasteiger charge is 2.40. The fourth-order valence-corrected chi connectivity index (χ4v) is 3.73. The van der Waals surface area contributed by atoms with Crippen LogP contribution in [0, 0.1) is 11.8 Å². The molecule has 96 valence electrons. The third-order valence-electron chi connectivity index (χ3n) is 2.21. The van der Waals surface area contributed by atoms with Crippen molar-refractivity contribution in [2.24, 2.45) is 11.8 Å². The van der Waals surface area contributed by atoms with Crippen LogP contribution in [-0.4, -0.2) is 23.3 Å². The maximum Gasteiger partial charge on any atom is 0.514 e. The molecule has 0 aliphatic heterocycles. The number of rotatable bonds is 5. The van der Waals surface area contributed by atoms with Crippen molar-refractivity contribution < 1.29 is 23.5 Å².